The van der Waals surface area contributed by atoms with Gasteiger partial charge in [-0.1, -0.05) is 0 Å². The van der Waals surface area contributed by atoms with Crippen molar-refractivity contribution >= 4 is 16.7 Å². The summed E-state index contributed by atoms with van der Waals surface area (Å²) in [7, 11) is 1.84. The van der Waals surface area contributed by atoms with Crippen molar-refractivity contribution in [1.82, 2.24) is 14.8 Å². The van der Waals surface area contributed by atoms with Crippen LogP contribution in [0.25, 0.3) is 10.9 Å². The third-order valence-corrected chi connectivity index (χ3v) is 1.99. The van der Waals surface area contributed by atoms with Crippen molar-refractivity contribution in [3.63, 3.8) is 0 Å². The number of fused-ring (bicyclic) bond motifs is 1. The standard InChI is InChI=1S/C9H9N3O/c1-6(13)8-3-9-7(4-10-8)5-11-12(9)2/h3-5H,1-2H3. The first-order valence-electron chi connectivity index (χ1n) is 3.97. The fourth-order valence-corrected chi connectivity index (χ4v) is 1.24. The zero-order valence-electron chi connectivity index (χ0n) is 7.48. The molecule has 0 fully saturated rings. The Balaban J connectivity index is 2.72. The first-order chi connectivity index (χ1) is 6.18. The number of carbonyl (C=O) groups excluding carboxylic acids is 1. The van der Waals surface area contributed by atoms with Gasteiger partial charge in [-0.25, -0.2) is 0 Å². The number of pyridine rings is 1. The maximum Gasteiger partial charge on any atom is 0.178 e. The fourth-order valence-electron chi connectivity index (χ4n) is 1.24. The van der Waals surface area contributed by atoms with Gasteiger partial charge in [0.2, 0.25) is 0 Å². The van der Waals surface area contributed by atoms with E-state index >= 15 is 0 Å². The Morgan fingerprint density at radius 1 is 1.46 bits per heavy atom. The van der Waals surface area contributed by atoms with Crippen LogP contribution >= 0.6 is 0 Å². The van der Waals surface area contributed by atoms with Gasteiger partial charge >= 0.3 is 0 Å². The van der Waals surface area contributed by atoms with E-state index in [1.165, 1.54) is 6.92 Å². The second-order valence-electron chi connectivity index (χ2n) is 2.95. The number of hydrogen-bond donors (Lipinski definition) is 0. The quantitative estimate of drug-likeness (QED) is 0.611. The Labute approximate surface area is 75.2 Å². The topological polar surface area (TPSA) is 47.8 Å². The molecule has 0 atom stereocenters. The van der Waals surface area contributed by atoms with Crippen LogP contribution in [0, 0.1) is 0 Å². The molecule has 0 aliphatic heterocycles. The smallest absolute Gasteiger partial charge is 0.178 e. The van der Waals surface area contributed by atoms with Crippen molar-refractivity contribution in [1.29, 1.82) is 0 Å². The Morgan fingerprint density at radius 2 is 2.23 bits per heavy atom. The first kappa shape index (κ1) is 7.91. The summed E-state index contributed by atoms with van der Waals surface area (Å²) in [5, 5.41) is 5.01. The summed E-state index contributed by atoms with van der Waals surface area (Å²) >= 11 is 0. The largest absolute Gasteiger partial charge is 0.293 e. The van der Waals surface area contributed by atoms with Crippen LogP contribution in [0.5, 0.6) is 0 Å². The van der Waals surface area contributed by atoms with Gasteiger partial charge in [0.15, 0.2) is 5.78 Å². The molecule has 0 unspecified atom stereocenters. The average Bonchev–Trinajstić information content (AvgIpc) is 2.47. The van der Waals surface area contributed by atoms with Crippen LogP contribution in [0.4, 0.5) is 0 Å². The molecule has 0 aromatic carbocycles. The molecule has 2 aromatic heterocycles. The molecule has 0 bridgehead atoms. The predicted molar refractivity (Wildman–Crippen MR) is 48.5 cm³/mol. The molecule has 2 rings (SSSR count). The van der Waals surface area contributed by atoms with Gasteiger partial charge < -0.3 is 0 Å². The van der Waals surface area contributed by atoms with Crippen molar-refractivity contribution in [3.05, 3.63) is 24.2 Å². The van der Waals surface area contributed by atoms with Gasteiger partial charge in [0.1, 0.15) is 5.69 Å². The summed E-state index contributed by atoms with van der Waals surface area (Å²) in [6.45, 7) is 1.50. The predicted octanol–water partition coefficient (Wildman–Crippen LogP) is 1.17. The second kappa shape index (κ2) is 2.65. The maximum atomic E-state index is 11.0. The number of carbonyl (C=O) groups is 1. The second-order valence-corrected chi connectivity index (χ2v) is 2.95. The summed E-state index contributed by atoms with van der Waals surface area (Å²) in [6.07, 6.45) is 3.39. The summed E-state index contributed by atoms with van der Waals surface area (Å²) in [5.74, 6) is -0.0249. The summed E-state index contributed by atoms with van der Waals surface area (Å²) in [5.41, 5.74) is 1.41. The van der Waals surface area contributed by atoms with Crippen molar-refractivity contribution in [2.45, 2.75) is 6.92 Å². The van der Waals surface area contributed by atoms with E-state index in [1.54, 1.807) is 23.1 Å². The SMILES string of the molecule is CC(=O)c1cc2c(cn1)cnn2C. The Hall–Kier alpha value is -1.71. The lowest BCUT2D eigenvalue weighted by Gasteiger charge is -1.96. The van der Waals surface area contributed by atoms with Crippen LogP contribution in [0.3, 0.4) is 0 Å². The molecule has 0 radical (unpaired) electrons. The molecule has 0 aliphatic rings. The number of nitrogens with zero attached hydrogens (tertiary/aromatic N) is 3. The number of aromatic nitrogens is 3. The maximum absolute atomic E-state index is 11.0. The van der Waals surface area contributed by atoms with E-state index in [-0.39, 0.29) is 5.78 Å². The van der Waals surface area contributed by atoms with Crippen LogP contribution in [-0.4, -0.2) is 20.5 Å². The molecule has 66 valence electrons. The van der Waals surface area contributed by atoms with Gasteiger partial charge in [-0.3, -0.25) is 14.5 Å². The van der Waals surface area contributed by atoms with Gasteiger partial charge in [-0.15, -0.1) is 0 Å². The molecule has 2 heterocycles. The average molecular weight is 175 g/mol. The van der Waals surface area contributed by atoms with Crippen LogP contribution < -0.4 is 0 Å². The van der Waals surface area contributed by atoms with Crippen LogP contribution in [0.1, 0.15) is 17.4 Å². The summed E-state index contributed by atoms with van der Waals surface area (Å²) in [4.78, 5) is 15.0. The van der Waals surface area contributed by atoms with E-state index in [0.29, 0.717) is 5.69 Å². The zero-order chi connectivity index (χ0) is 9.42. The number of aryl methyl sites for hydroxylation is 1. The van der Waals surface area contributed by atoms with Crippen molar-refractivity contribution < 1.29 is 4.79 Å². The van der Waals surface area contributed by atoms with E-state index in [1.807, 2.05) is 7.05 Å². The number of ketones is 1. The minimum atomic E-state index is -0.0249. The normalized spacial score (nSPS) is 10.6. The lowest BCUT2D eigenvalue weighted by atomic mass is 10.2. The van der Waals surface area contributed by atoms with E-state index in [9.17, 15) is 4.79 Å². The van der Waals surface area contributed by atoms with E-state index < -0.39 is 0 Å². The molecule has 0 aliphatic carbocycles. The molecule has 4 heteroatoms. The van der Waals surface area contributed by atoms with Crippen LogP contribution in [0.15, 0.2) is 18.5 Å². The van der Waals surface area contributed by atoms with Crippen LogP contribution in [-0.2, 0) is 7.05 Å². The molecule has 13 heavy (non-hydrogen) atoms. The van der Waals surface area contributed by atoms with Crippen molar-refractivity contribution in [2.24, 2.45) is 7.05 Å². The number of hydrogen-bond acceptors (Lipinski definition) is 3. The molecular weight excluding hydrogens is 166 g/mol. The highest BCUT2D eigenvalue weighted by molar-refractivity contribution is 5.95. The van der Waals surface area contributed by atoms with Crippen molar-refractivity contribution in [2.75, 3.05) is 0 Å². The highest BCUT2D eigenvalue weighted by Crippen LogP contribution is 2.12. The molecular formula is C9H9N3O. The monoisotopic (exact) mass is 175 g/mol. The Morgan fingerprint density at radius 3 is 2.92 bits per heavy atom. The Bertz CT molecular complexity index is 473. The third-order valence-electron chi connectivity index (χ3n) is 1.99. The molecule has 0 N–H and O–H groups in total. The lowest BCUT2D eigenvalue weighted by molar-refractivity contribution is 0.101. The molecule has 0 spiro atoms. The Kier molecular flexibility index (Phi) is 1.62. The zero-order valence-corrected chi connectivity index (χ0v) is 7.48. The molecule has 0 saturated carbocycles. The van der Waals surface area contributed by atoms with Gasteiger partial charge in [-0.05, 0) is 6.07 Å². The highest BCUT2D eigenvalue weighted by atomic mass is 16.1. The minimum Gasteiger partial charge on any atom is -0.293 e. The molecule has 4 nitrogen and oxygen atoms in total. The summed E-state index contributed by atoms with van der Waals surface area (Å²) in [6, 6.07) is 1.75. The lowest BCUT2D eigenvalue weighted by Crippen LogP contribution is -1.97. The van der Waals surface area contributed by atoms with Gasteiger partial charge in [0.25, 0.3) is 0 Å². The minimum absolute atomic E-state index is 0.0249. The van der Waals surface area contributed by atoms with E-state index in [2.05, 4.69) is 10.1 Å². The molecule has 0 saturated heterocycles. The first-order valence-corrected chi connectivity index (χ1v) is 3.97. The number of rotatable bonds is 1. The van der Waals surface area contributed by atoms with Gasteiger partial charge in [0, 0.05) is 25.6 Å². The summed E-state index contributed by atoms with van der Waals surface area (Å²) < 4.78 is 1.73. The van der Waals surface area contributed by atoms with Crippen molar-refractivity contribution in [3.8, 4) is 0 Å². The van der Waals surface area contributed by atoms with E-state index in [0.717, 1.165) is 10.9 Å². The van der Waals surface area contributed by atoms with Gasteiger partial charge in [0.05, 0.1) is 11.7 Å². The highest BCUT2D eigenvalue weighted by Gasteiger charge is 2.04. The number of Topliss-reactive ketones (excluding diaryl/α,β-unsaturated/α-hetero) is 1. The van der Waals surface area contributed by atoms with Crippen LogP contribution in [0.2, 0.25) is 0 Å². The van der Waals surface area contributed by atoms with Gasteiger partial charge in [-0.2, -0.15) is 5.10 Å². The molecule has 0 amide bonds. The van der Waals surface area contributed by atoms with E-state index in [4.69, 9.17) is 0 Å². The third kappa shape index (κ3) is 1.20. The fraction of sp³-hybridized carbons (Fsp3) is 0.222. The molecule has 2 aromatic rings.